The molecule has 0 radical (unpaired) electrons. The molecule has 1 rings (SSSR count). The van der Waals surface area contributed by atoms with Crippen LogP contribution in [0.2, 0.25) is 0 Å². The molecule has 0 saturated carbocycles. The SMILES string of the molecule is CC(=O)O[C@H]1[C@H](OC(C)=O)[C@H](OC(C)=O)C=C[C@H]1O. The van der Waals surface area contributed by atoms with Crippen molar-refractivity contribution in [2.45, 2.75) is 45.2 Å². The van der Waals surface area contributed by atoms with Crippen LogP contribution in [-0.4, -0.2) is 47.4 Å². The van der Waals surface area contributed by atoms with Gasteiger partial charge in [0, 0.05) is 20.8 Å². The van der Waals surface area contributed by atoms with E-state index in [0.717, 1.165) is 6.92 Å². The van der Waals surface area contributed by atoms with Gasteiger partial charge in [-0.15, -0.1) is 0 Å². The average Bonchev–Trinajstić information content (AvgIpc) is 2.25. The third-order valence-electron chi connectivity index (χ3n) is 2.39. The number of aliphatic hydroxyl groups is 1. The largest absolute Gasteiger partial charge is 0.455 e. The number of carbonyl (C=O) groups excluding carboxylic acids is 3. The van der Waals surface area contributed by atoms with E-state index in [1.165, 1.54) is 26.0 Å². The highest BCUT2D eigenvalue weighted by Crippen LogP contribution is 2.23. The van der Waals surface area contributed by atoms with E-state index in [2.05, 4.69) is 0 Å². The number of carbonyl (C=O) groups is 3. The number of ether oxygens (including phenoxy) is 3. The summed E-state index contributed by atoms with van der Waals surface area (Å²) in [6.07, 6.45) is -1.53. The molecule has 0 saturated heterocycles. The minimum absolute atomic E-state index is 0.579. The molecule has 19 heavy (non-hydrogen) atoms. The summed E-state index contributed by atoms with van der Waals surface area (Å²) >= 11 is 0. The maximum Gasteiger partial charge on any atom is 0.303 e. The van der Waals surface area contributed by atoms with E-state index in [1.54, 1.807) is 0 Å². The Balaban J connectivity index is 2.97. The van der Waals surface area contributed by atoms with E-state index in [4.69, 9.17) is 14.2 Å². The summed E-state index contributed by atoms with van der Waals surface area (Å²) in [6.45, 7) is 3.53. The summed E-state index contributed by atoms with van der Waals surface area (Å²) in [5.74, 6) is -1.86. The van der Waals surface area contributed by atoms with Crippen LogP contribution in [0.3, 0.4) is 0 Å². The number of hydrogen-bond acceptors (Lipinski definition) is 7. The van der Waals surface area contributed by atoms with Gasteiger partial charge < -0.3 is 19.3 Å². The summed E-state index contributed by atoms with van der Waals surface area (Å²) in [6, 6.07) is 0. The van der Waals surface area contributed by atoms with Gasteiger partial charge in [0.25, 0.3) is 0 Å². The van der Waals surface area contributed by atoms with Gasteiger partial charge in [0.1, 0.15) is 6.10 Å². The van der Waals surface area contributed by atoms with Crippen LogP contribution >= 0.6 is 0 Å². The first-order valence-corrected chi connectivity index (χ1v) is 5.69. The Kier molecular flexibility index (Phi) is 5.05. The van der Waals surface area contributed by atoms with Gasteiger partial charge in [-0.1, -0.05) is 6.08 Å². The fourth-order valence-corrected chi connectivity index (χ4v) is 1.78. The first-order chi connectivity index (χ1) is 8.81. The van der Waals surface area contributed by atoms with Crippen molar-refractivity contribution in [1.82, 2.24) is 0 Å². The number of aliphatic hydroxyl groups excluding tert-OH is 1. The van der Waals surface area contributed by atoms with Gasteiger partial charge in [0.15, 0.2) is 18.3 Å². The van der Waals surface area contributed by atoms with Crippen LogP contribution in [0.1, 0.15) is 20.8 Å². The molecular weight excluding hydrogens is 256 g/mol. The third kappa shape index (κ3) is 4.36. The zero-order chi connectivity index (χ0) is 14.6. The van der Waals surface area contributed by atoms with Crippen LogP contribution in [-0.2, 0) is 28.6 Å². The summed E-state index contributed by atoms with van der Waals surface area (Å²) < 4.78 is 14.9. The second-order valence-corrected chi connectivity index (χ2v) is 4.10. The Morgan fingerprint density at radius 3 is 1.79 bits per heavy atom. The van der Waals surface area contributed by atoms with Crippen LogP contribution in [0, 0.1) is 0 Å². The normalized spacial score (nSPS) is 29.5. The van der Waals surface area contributed by atoms with Gasteiger partial charge in [-0.05, 0) is 6.08 Å². The number of rotatable bonds is 3. The van der Waals surface area contributed by atoms with E-state index >= 15 is 0 Å². The molecule has 0 aromatic rings. The lowest BCUT2D eigenvalue weighted by molar-refractivity contribution is -0.188. The van der Waals surface area contributed by atoms with Gasteiger partial charge >= 0.3 is 17.9 Å². The van der Waals surface area contributed by atoms with E-state index < -0.39 is 42.3 Å². The molecule has 7 nitrogen and oxygen atoms in total. The molecule has 1 aliphatic carbocycles. The smallest absolute Gasteiger partial charge is 0.303 e. The van der Waals surface area contributed by atoms with E-state index in [9.17, 15) is 19.5 Å². The van der Waals surface area contributed by atoms with Gasteiger partial charge in [0.05, 0.1) is 0 Å². The van der Waals surface area contributed by atoms with Crippen LogP contribution < -0.4 is 0 Å². The molecule has 106 valence electrons. The average molecular weight is 272 g/mol. The predicted molar refractivity (Wildman–Crippen MR) is 61.8 cm³/mol. The van der Waals surface area contributed by atoms with Crippen molar-refractivity contribution in [3.63, 3.8) is 0 Å². The first kappa shape index (κ1) is 15.2. The van der Waals surface area contributed by atoms with Crippen LogP contribution in [0.5, 0.6) is 0 Å². The van der Waals surface area contributed by atoms with Crippen molar-refractivity contribution in [3.8, 4) is 0 Å². The molecule has 0 aromatic carbocycles. The minimum Gasteiger partial charge on any atom is -0.455 e. The zero-order valence-corrected chi connectivity index (χ0v) is 10.9. The second kappa shape index (κ2) is 6.33. The molecule has 1 aliphatic rings. The Hall–Kier alpha value is -1.89. The molecule has 0 spiro atoms. The molecule has 0 bridgehead atoms. The highest BCUT2D eigenvalue weighted by molar-refractivity contribution is 5.68. The molecule has 4 atom stereocenters. The zero-order valence-electron chi connectivity index (χ0n) is 10.9. The molecule has 1 N–H and O–H groups in total. The van der Waals surface area contributed by atoms with Gasteiger partial charge in [-0.2, -0.15) is 0 Å². The Morgan fingerprint density at radius 1 is 0.842 bits per heavy atom. The quantitative estimate of drug-likeness (QED) is 0.428. The maximum absolute atomic E-state index is 11.1. The molecule has 0 unspecified atom stereocenters. The lowest BCUT2D eigenvalue weighted by atomic mass is 9.95. The summed E-state index contributed by atoms with van der Waals surface area (Å²) in [4.78, 5) is 33.1. The highest BCUT2D eigenvalue weighted by Gasteiger charge is 2.42. The molecule has 7 heteroatoms. The van der Waals surface area contributed by atoms with E-state index in [1.807, 2.05) is 0 Å². The maximum atomic E-state index is 11.1. The van der Waals surface area contributed by atoms with Crippen molar-refractivity contribution in [2.24, 2.45) is 0 Å². The van der Waals surface area contributed by atoms with Crippen molar-refractivity contribution in [2.75, 3.05) is 0 Å². The highest BCUT2D eigenvalue weighted by atomic mass is 16.6. The first-order valence-electron chi connectivity index (χ1n) is 5.69. The topological polar surface area (TPSA) is 99.1 Å². The van der Waals surface area contributed by atoms with Crippen LogP contribution in [0.15, 0.2) is 12.2 Å². The molecule has 0 aromatic heterocycles. The van der Waals surface area contributed by atoms with Crippen LogP contribution in [0.25, 0.3) is 0 Å². The summed E-state index contributed by atoms with van der Waals surface area (Å²) in [5, 5.41) is 9.76. The number of hydrogen-bond donors (Lipinski definition) is 1. The van der Waals surface area contributed by atoms with Crippen molar-refractivity contribution in [1.29, 1.82) is 0 Å². The standard InChI is InChI=1S/C12H16O7/c1-6(13)17-10-5-4-9(16)11(18-7(2)14)12(10)19-8(3)15/h4-5,9-12,16H,1-3H3/t9-,10-,11-,12-/m1/s1. The fourth-order valence-electron chi connectivity index (χ4n) is 1.78. The Bertz CT molecular complexity index is 401. The monoisotopic (exact) mass is 272 g/mol. The summed E-state index contributed by atoms with van der Waals surface area (Å²) in [5.41, 5.74) is 0. The molecular formula is C12H16O7. The fraction of sp³-hybridized carbons (Fsp3) is 0.583. The second-order valence-electron chi connectivity index (χ2n) is 4.10. The summed E-state index contributed by atoms with van der Waals surface area (Å²) in [7, 11) is 0. The molecule has 0 fully saturated rings. The van der Waals surface area contributed by atoms with Crippen LogP contribution in [0.4, 0.5) is 0 Å². The van der Waals surface area contributed by atoms with E-state index in [-0.39, 0.29) is 0 Å². The Morgan fingerprint density at radius 2 is 1.32 bits per heavy atom. The van der Waals surface area contributed by atoms with Gasteiger partial charge in [-0.25, -0.2) is 0 Å². The minimum atomic E-state index is -1.14. The van der Waals surface area contributed by atoms with Crippen molar-refractivity contribution in [3.05, 3.63) is 12.2 Å². The van der Waals surface area contributed by atoms with E-state index in [0.29, 0.717) is 0 Å². The third-order valence-corrected chi connectivity index (χ3v) is 2.39. The van der Waals surface area contributed by atoms with Crippen molar-refractivity contribution < 1.29 is 33.7 Å². The van der Waals surface area contributed by atoms with Crippen molar-refractivity contribution >= 4 is 17.9 Å². The lowest BCUT2D eigenvalue weighted by Gasteiger charge is -2.35. The molecule has 0 heterocycles. The predicted octanol–water partition coefficient (Wildman–Crippen LogP) is -0.288. The number of esters is 3. The van der Waals surface area contributed by atoms with Gasteiger partial charge in [-0.3, -0.25) is 14.4 Å². The van der Waals surface area contributed by atoms with Gasteiger partial charge in [0.2, 0.25) is 0 Å². The lowest BCUT2D eigenvalue weighted by Crippen LogP contribution is -2.51. The molecule has 0 aliphatic heterocycles. The Labute approximate surface area is 110 Å². The molecule has 0 amide bonds.